The van der Waals surface area contributed by atoms with Crippen molar-refractivity contribution in [3.63, 3.8) is 0 Å². The lowest BCUT2D eigenvalue weighted by Gasteiger charge is -2.10. The molecular formula is C15H22N2O3S. The van der Waals surface area contributed by atoms with Crippen molar-refractivity contribution in [2.45, 2.75) is 17.7 Å². The van der Waals surface area contributed by atoms with Crippen LogP contribution in [0.4, 0.5) is 0 Å². The lowest BCUT2D eigenvalue weighted by atomic mass is 10.2. The smallest absolute Gasteiger partial charge is 0.240 e. The zero-order valence-electron chi connectivity index (χ0n) is 12.5. The first-order chi connectivity index (χ1) is 9.95. The zero-order valence-corrected chi connectivity index (χ0v) is 13.3. The molecule has 0 heterocycles. The number of hydrogen-bond donors (Lipinski definition) is 2. The average molecular weight is 310 g/mol. The second-order valence-electron chi connectivity index (χ2n) is 4.89. The molecule has 0 bridgehead atoms. The first-order valence-electron chi connectivity index (χ1n) is 6.80. The molecule has 1 rings (SSSR count). The van der Waals surface area contributed by atoms with Gasteiger partial charge < -0.3 is 10.0 Å². The quantitative estimate of drug-likeness (QED) is 0.573. The molecule has 5 nitrogen and oxygen atoms in total. The minimum absolute atomic E-state index is 0.214. The van der Waals surface area contributed by atoms with Crippen LogP contribution in [0.3, 0.4) is 0 Å². The number of hydrogen-bond acceptors (Lipinski definition) is 4. The first kappa shape index (κ1) is 17.7. The number of nitrogens with zero attached hydrogens (tertiary/aromatic N) is 1. The Hall–Kier alpha value is -1.39. The minimum atomic E-state index is -3.46. The second kappa shape index (κ2) is 8.80. The van der Waals surface area contributed by atoms with Crippen LogP contribution in [0.2, 0.25) is 0 Å². The van der Waals surface area contributed by atoms with Gasteiger partial charge in [-0.3, -0.25) is 0 Å². The highest BCUT2D eigenvalue weighted by Gasteiger charge is 2.12. The minimum Gasteiger partial charge on any atom is -0.384 e. The van der Waals surface area contributed by atoms with Crippen LogP contribution in [0, 0.1) is 11.8 Å². The van der Waals surface area contributed by atoms with Gasteiger partial charge in [-0.05, 0) is 57.7 Å². The predicted octanol–water partition coefficient (Wildman–Crippen LogP) is 0.650. The van der Waals surface area contributed by atoms with Gasteiger partial charge in [-0.15, -0.1) is 0 Å². The fourth-order valence-corrected chi connectivity index (χ4v) is 2.78. The summed E-state index contributed by atoms with van der Waals surface area (Å²) >= 11 is 0. The first-order valence-corrected chi connectivity index (χ1v) is 8.28. The normalized spacial score (nSPS) is 11.2. The second-order valence-corrected chi connectivity index (χ2v) is 6.66. The van der Waals surface area contributed by atoms with E-state index in [0.29, 0.717) is 12.1 Å². The summed E-state index contributed by atoms with van der Waals surface area (Å²) in [6.07, 6.45) is 1.75. The molecule has 0 spiro atoms. The summed E-state index contributed by atoms with van der Waals surface area (Å²) in [5, 5.41) is 8.60. The molecule has 2 N–H and O–H groups in total. The lowest BCUT2D eigenvalue weighted by Crippen LogP contribution is -2.25. The molecule has 0 saturated carbocycles. The van der Waals surface area contributed by atoms with Crippen molar-refractivity contribution in [2.75, 3.05) is 33.8 Å². The van der Waals surface area contributed by atoms with E-state index in [9.17, 15) is 8.42 Å². The number of aliphatic hydroxyl groups is 1. The maximum atomic E-state index is 12.1. The third-order valence-electron chi connectivity index (χ3n) is 2.80. The molecule has 0 aliphatic heterocycles. The summed E-state index contributed by atoms with van der Waals surface area (Å²) in [5.41, 5.74) is 0.675. The highest BCUT2D eigenvalue weighted by molar-refractivity contribution is 7.89. The van der Waals surface area contributed by atoms with Gasteiger partial charge >= 0.3 is 0 Å². The average Bonchev–Trinajstić information content (AvgIpc) is 2.44. The Kier molecular flexibility index (Phi) is 7.40. The van der Waals surface area contributed by atoms with Crippen LogP contribution in [-0.2, 0) is 10.0 Å². The van der Waals surface area contributed by atoms with E-state index in [0.717, 1.165) is 19.4 Å². The zero-order chi connectivity index (χ0) is 15.7. The molecule has 0 radical (unpaired) electrons. The highest BCUT2D eigenvalue weighted by atomic mass is 32.2. The third-order valence-corrected chi connectivity index (χ3v) is 4.28. The van der Waals surface area contributed by atoms with Crippen molar-refractivity contribution >= 4 is 10.0 Å². The van der Waals surface area contributed by atoms with Crippen LogP contribution < -0.4 is 4.72 Å². The van der Waals surface area contributed by atoms with Crippen molar-refractivity contribution in [1.82, 2.24) is 9.62 Å². The fourth-order valence-electron chi connectivity index (χ4n) is 1.70. The maximum Gasteiger partial charge on any atom is 0.240 e. The topological polar surface area (TPSA) is 69.6 Å². The molecule has 1 aromatic rings. The molecule has 21 heavy (non-hydrogen) atoms. The molecule has 0 aliphatic carbocycles. The molecular weight excluding hydrogens is 288 g/mol. The predicted molar refractivity (Wildman–Crippen MR) is 83.4 cm³/mol. The van der Waals surface area contributed by atoms with Crippen molar-refractivity contribution in [2.24, 2.45) is 0 Å². The van der Waals surface area contributed by atoms with E-state index < -0.39 is 10.0 Å². The number of unbranched alkanes of at least 4 members (excludes halogenated alkanes) is 1. The summed E-state index contributed by atoms with van der Waals surface area (Å²) in [7, 11) is 0.524. The summed E-state index contributed by atoms with van der Waals surface area (Å²) < 4.78 is 26.7. The summed E-state index contributed by atoms with van der Waals surface area (Å²) in [6.45, 7) is 1.16. The Bertz CT molecular complexity index is 584. The Morgan fingerprint density at radius 1 is 1.19 bits per heavy atom. The van der Waals surface area contributed by atoms with Crippen LogP contribution in [0.15, 0.2) is 29.2 Å². The molecule has 0 aromatic heterocycles. The lowest BCUT2D eigenvalue weighted by molar-refractivity contribution is 0.350. The van der Waals surface area contributed by atoms with Crippen molar-refractivity contribution in [3.05, 3.63) is 29.8 Å². The summed E-state index contributed by atoms with van der Waals surface area (Å²) in [6, 6.07) is 6.29. The molecule has 6 heteroatoms. The van der Waals surface area contributed by atoms with Crippen LogP contribution in [0.5, 0.6) is 0 Å². The Labute approximate surface area is 127 Å². The van der Waals surface area contributed by atoms with Gasteiger partial charge in [0.2, 0.25) is 10.0 Å². The Balaban J connectivity index is 2.54. The van der Waals surface area contributed by atoms with Crippen molar-refractivity contribution in [1.29, 1.82) is 0 Å². The van der Waals surface area contributed by atoms with E-state index in [4.69, 9.17) is 5.11 Å². The van der Waals surface area contributed by atoms with Gasteiger partial charge in [-0.2, -0.15) is 0 Å². The summed E-state index contributed by atoms with van der Waals surface area (Å²) in [5.74, 6) is 5.24. The maximum absolute atomic E-state index is 12.1. The van der Waals surface area contributed by atoms with E-state index in [2.05, 4.69) is 21.5 Å². The molecule has 0 fully saturated rings. The number of rotatable bonds is 7. The molecule has 0 amide bonds. The Morgan fingerprint density at radius 3 is 2.43 bits per heavy atom. The van der Waals surface area contributed by atoms with E-state index in [1.165, 1.54) is 12.1 Å². The Morgan fingerprint density at radius 2 is 1.86 bits per heavy atom. The summed E-state index contributed by atoms with van der Waals surface area (Å²) in [4.78, 5) is 2.30. The SMILES string of the molecule is CN(C)CCCCNS(=O)(=O)c1ccc(C#CCO)cc1. The molecule has 0 saturated heterocycles. The number of sulfonamides is 1. The monoisotopic (exact) mass is 310 g/mol. The molecule has 0 aliphatic rings. The largest absolute Gasteiger partial charge is 0.384 e. The van der Waals surface area contributed by atoms with Crippen molar-refractivity contribution in [3.8, 4) is 11.8 Å². The van der Waals surface area contributed by atoms with Crippen LogP contribution in [-0.4, -0.2) is 52.2 Å². The number of nitrogens with one attached hydrogen (secondary N) is 1. The standard InChI is InChI=1S/C15H22N2O3S/c1-17(2)12-4-3-11-16-21(19,20)15-9-7-14(8-10-15)6-5-13-18/h7-10,16,18H,3-4,11-13H2,1-2H3. The number of benzene rings is 1. The van der Waals surface area contributed by atoms with Crippen LogP contribution >= 0.6 is 0 Å². The molecule has 1 aromatic carbocycles. The molecule has 0 unspecified atom stereocenters. The van der Waals surface area contributed by atoms with Crippen LogP contribution in [0.25, 0.3) is 0 Å². The molecule has 0 atom stereocenters. The van der Waals surface area contributed by atoms with Gasteiger partial charge in [0.15, 0.2) is 0 Å². The van der Waals surface area contributed by atoms with Gasteiger partial charge in [0.25, 0.3) is 0 Å². The van der Waals surface area contributed by atoms with E-state index in [1.54, 1.807) is 12.1 Å². The van der Waals surface area contributed by atoms with Gasteiger partial charge in [-0.25, -0.2) is 13.1 Å². The van der Waals surface area contributed by atoms with Crippen LogP contribution in [0.1, 0.15) is 18.4 Å². The van der Waals surface area contributed by atoms with E-state index in [-0.39, 0.29) is 11.5 Å². The van der Waals surface area contributed by atoms with E-state index >= 15 is 0 Å². The van der Waals surface area contributed by atoms with Gasteiger partial charge in [0, 0.05) is 12.1 Å². The fraction of sp³-hybridized carbons (Fsp3) is 0.467. The van der Waals surface area contributed by atoms with Gasteiger partial charge in [0.1, 0.15) is 6.61 Å². The van der Waals surface area contributed by atoms with Crippen molar-refractivity contribution < 1.29 is 13.5 Å². The van der Waals surface area contributed by atoms with Gasteiger partial charge in [-0.1, -0.05) is 11.8 Å². The van der Waals surface area contributed by atoms with Gasteiger partial charge in [0.05, 0.1) is 4.90 Å². The van der Waals surface area contributed by atoms with E-state index in [1.807, 2.05) is 14.1 Å². The highest BCUT2D eigenvalue weighted by Crippen LogP contribution is 2.10. The molecule has 116 valence electrons. The third kappa shape index (κ3) is 6.74. The number of aliphatic hydroxyl groups excluding tert-OH is 1.